The molecule has 1 saturated carbocycles. The molecule has 2 aliphatic rings. The van der Waals surface area contributed by atoms with E-state index in [1.165, 1.54) is 6.92 Å². The summed E-state index contributed by atoms with van der Waals surface area (Å²) >= 11 is 0. The van der Waals surface area contributed by atoms with E-state index in [0.717, 1.165) is 25.7 Å². The fraction of sp³-hybridized carbons (Fsp3) is 0.944. The molecule has 2 rings (SSSR count). The zero-order valence-electron chi connectivity index (χ0n) is 15.3. The van der Waals surface area contributed by atoms with Crippen molar-refractivity contribution in [2.24, 2.45) is 11.3 Å². The van der Waals surface area contributed by atoms with Gasteiger partial charge in [-0.05, 0) is 37.6 Å². The molecule has 2 fully saturated rings. The summed E-state index contributed by atoms with van der Waals surface area (Å²) in [6.45, 7) is 11.9. The van der Waals surface area contributed by atoms with Crippen molar-refractivity contribution in [2.45, 2.75) is 78.4 Å². The van der Waals surface area contributed by atoms with E-state index in [-0.39, 0.29) is 11.9 Å². The minimum absolute atomic E-state index is 0.0739. The molecule has 1 heterocycles. The largest absolute Gasteiger partial charge is 0.371 e. The summed E-state index contributed by atoms with van der Waals surface area (Å²) in [7, 11) is 0. The monoisotopic (exact) mass is 327 g/mol. The van der Waals surface area contributed by atoms with E-state index >= 15 is 0 Å². The van der Waals surface area contributed by atoms with Crippen molar-refractivity contribution in [1.82, 2.24) is 4.90 Å². The third-order valence-corrected chi connectivity index (χ3v) is 5.44. The molecule has 0 amide bonds. The first-order valence-electron chi connectivity index (χ1n) is 8.91. The Bertz CT molecular complexity index is 410. The highest BCUT2D eigenvalue weighted by atomic mass is 16.7. The zero-order chi connectivity index (χ0) is 17.3. The average molecular weight is 327 g/mol. The van der Waals surface area contributed by atoms with Crippen molar-refractivity contribution in [3.8, 4) is 0 Å². The van der Waals surface area contributed by atoms with Crippen LogP contribution in [0.2, 0.25) is 0 Å². The number of aliphatic hydroxyl groups is 1. The Morgan fingerprint density at radius 1 is 1.35 bits per heavy atom. The maximum absolute atomic E-state index is 11.4. The van der Waals surface area contributed by atoms with Crippen molar-refractivity contribution in [2.75, 3.05) is 19.7 Å². The van der Waals surface area contributed by atoms with Crippen molar-refractivity contribution in [3.05, 3.63) is 0 Å². The molecule has 0 aromatic carbocycles. The summed E-state index contributed by atoms with van der Waals surface area (Å²) in [5, 5.41) is 9.95. The summed E-state index contributed by atoms with van der Waals surface area (Å²) in [5.41, 5.74) is 0.338. The first kappa shape index (κ1) is 18.8. The number of hydrogen-bond donors (Lipinski definition) is 1. The number of Topliss-reactive ketones (excluding diaryl/α,β-unsaturated/α-hetero) is 1. The number of hydrogen-bond acceptors (Lipinski definition) is 5. The predicted molar refractivity (Wildman–Crippen MR) is 88.9 cm³/mol. The predicted octanol–water partition coefficient (Wildman–Crippen LogP) is 2.56. The summed E-state index contributed by atoms with van der Waals surface area (Å²) < 4.78 is 12.3. The Morgan fingerprint density at radius 3 is 2.43 bits per heavy atom. The number of carbonyl (C=O) groups is 1. The molecule has 0 bridgehead atoms. The lowest BCUT2D eigenvalue weighted by molar-refractivity contribution is -0.199. The third-order valence-electron chi connectivity index (χ3n) is 5.44. The second-order valence-corrected chi connectivity index (χ2v) is 8.17. The SMILES string of the molecule is CCN(CC1COC2(CCC(C(C)(C)C)CC2)O1)C(O)C(C)=O. The molecule has 0 aromatic rings. The molecule has 1 saturated heterocycles. The van der Waals surface area contributed by atoms with Gasteiger partial charge >= 0.3 is 0 Å². The molecule has 1 aliphatic heterocycles. The van der Waals surface area contributed by atoms with Gasteiger partial charge in [-0.25, -0.2) is 0 Å². The number of ketones is 1. The van der Waals surface area contributed by atoms with E-state index in [9.17, 15) is 9.90 Å². The summed E-state index contributed by atoms with van der Waals surface area (Å²) in [6.07, 6.45) is 3.01. The van der Waals surface area contributed by atoms with Crippen LogP contribution in [0.5, 0.6) is 0 Å². The van der Waals surface area contributed by atoms with Gasteiger partial charge in [-0.1, -0.05) is 27.7 Å². The zero-order valence-corrected chi connectivity index (χ0v) is 15.3. The highest BCUT2D eigenvalue weighted by Gasteiger charge is 2.46. The quantitative estimate of drug-likeness (QED) is 0.787. The van der Waals surface area contributed by atoms with Gasteiger partial charge in [0.05, 0.1) is 12.7 Å². The molecule has 0 radical (unpaired) electrons. The van der Waals surface area contributed by atoms with Crippen LogP contribution in [-0.4, -0.2) is 53.6 Å². The topological polar surface area (TPSA) is 59.0 Å². The maximum atomic E-state index is 11.4. The van der Waals surface area contributed by atoms with E-state index < -0.39 is 12.0 Å². The number of aliphatic hydroxyl groups excluding tert-OH is 1. The van der Waals surface area contributed by atoms with Crippen LogP contribution >= 0.6 is 0 Å². The highest BCUT2D eigenvalue weighted by Crippen LogP contribution is 2.45. The lowest BCUT2D eigenvalue weighted by Gasteiger charge is -2.41. The smallest absolute Gasteiger partial charge is 0.173 e. The van der Waals surface area contributed by atoms with Crippen molar-refractivity contribution in [3.63, 3.8) is 0 Å². The van der Waals surface area contributed by atoms with Crippen molar-refractivity contribution < 1.29 is 19.4 Å². The Morgan fingerprint density at radius 2 is 1.96 bits per heavy atom. The number of rotatable bonds is 5. The second-order valence-electron chi connectivity index (χ2n) is 8.17. The van der Waals surface area contributed by atoms with Crippen LogP contribution < -0.4 is 0 Å². The van der Waals surface area contributed by atoms with Crippen molar-refractivity contribution in [1.29, 1.82) is 0 Å². The number of nitrogens with zero attached hydrogens (tertiary/aromatic N) is 1. The van der Waals surface area contributed by atoms with Crippen LogP contribution in [0, 0.1) is 11.3 Å². The van der Waals surface area contributed by atoms with Gasteiger partial charge in [0.15, 0.2) is 17.8 Å². The molecule has 2 unspecified atom stereocenters. The second kappa shape index (κ2) is 7.18. The van der Waals surface area contributed by atoms with E-state index in [4.69, 9.17) is 9.47 Å². The van der Waals surface area contributed by atoms with Gasteiger partial charge in [-0.2, -0.15) is 0 Å². The van der Waals surface area contributed by atoms with E-state index in [0.29, 0.717) is 31.0 Å². The summed E-state index contributed by atoms with van der Waals surface area (Å²) in [4.78, 5) is 13.1. The highest BCUT2D eigenvalue weighted by molar-refractivity contribution is 5.79. The molecule has 23 heavy (non-hydrogen) atoms. The molecule has 1 spiro atoms. The van der Waals surface area contributed by atoms with Crippen molar-refractivity contribution >= 4 is 5.78 Å². The Hall–Kier alpha value is -0.490. The molecule has 134 valence electrons. The lowest BCUT2D eigenvalue weighted by Crippen LogP contribution is -2.45. The number of likely N-dealkylation sites (N-methyl/N-ethyl adjacent to an activating group) is 1. The van der Waals surface area contributed by atoms with Gasteiger partial charge in [0, 0.05) is 19.4 Å². The molecule has 5 nitrogen and oxygen atoms in total. The van der Waals surface area contributed by atoms with Gasteiger partial charge in [-0.15, -0.1) is 0 Å². The van der Waals surface area contributed by atoms with Crippen LogP contribution in [0.25, 0.3) is 0 Å². The molecule has 1 aliphatic carbocycles. The first-order valence-corrected chi connectivity index (χ1v) is 8.91. The standard InChI is InChI=1S/C18H33NO4/c1-6-19(16(21)13(2)20)11-15-12-22-18(23-15)9-7-14(8-10-18)17(3,4)5/h14-16,21H,6-12H2,1-5H3. The Kier molecular flexibility index (Phi) is 5.88. The van der Waals surface area contributed by atoms with Crippen LogP contribution in [0.1, 0.15) is 60.3 Å². The number of ether oxygens (including phenoxy) is 2. The lowest BCUT2D eigenvalue weighted by atomic mass is 9.71. The minimum atomic E-state index is -1.04. The van der Waals surface area contributed by atoms with E-state index in [2.05, 4.69) is 20.8 Å². The van der Waals surface area contributed by atoms with Crippen LogP contribution in [0.3, 0.4) is 0 Å². The van der Waals surface area contributed by atoms with Gasteiger partial charge in [0.25, 0.3) is 0 Å². The minimum Gasteiger partial charge on any atom is -0.371 e. The molecular weight excluding hydrogens is 294 g/mol. The molecule has 2 atom stereocenters. The van der Waals surface area contributed by atoms with Gasteiger partial charge in [0.2, 0.25) is 0 Å². The normalized spacial score (nSPS) is 33.3. The van der Waals surface area contributed by atoms with E-state index in [1.807, 2.05) is 6.92 Å². The summed E-state index contributed by atoms with van der Waals surface area (Å²) in [6, 6.07) is 0. The maximum Gasteiger partial charge on any atom is 0.173 e. The first-order chi connectivity index (χ1) is 10.7. The average Bonchev–Trinajstić information content (AvgIpc) is 2.86. The summed E-state index contributed by atoms with van der Waals surface area (Å²) in [5.74, 6) is 0.0460. The van der Waals surface area contributed by atoms with Gasteiger partial charge < -0.3 is 14.6 Å². The fourth-order valence-corrected chi connectivity index (χ4v) is 3.81. The fourth-order valence-electron chi connectivity index (χ4n) is 3.81. The Labute approximate surface area is 140 Å². The third kappa shape index (κ3) is 4.53. The van der Waals surface area contributed by atoms with Gasteiger partial charge in [0.1, 0.15) is 0 Å². The van der Waals surface area contributed by atoms with E-state index in [1.54, 1.807) is 4.90 Å². The van der Waals surface area contributed by atoms with Crippen LogP contribution in [-0.2, 0) is 14.3 Å². The Balaban J connectivity index is 1.88. The van der Waals surface area contributed by atoms with Crippen LogP contribution in [0.4, 0.5) is 0 Å². The molecule has 0 aromatic heterocycles. The van der Waals surface area contributed by atoms with Crippen LogP contribution in [0.15, 0.2) is 0 Å². The van der Waals surface area contributed by atoms with Gasteiger partial charge in [-0.3, -0.25) is 9.69 Å². The molecular formula is C18H33NO4. The molecule has 5 heteroatoms. The number of carbonyl (C=O) groups excluding carboxylic acids is 1. The molecule has 1 N–H and O–H groups in total.